The zero-order chi connectivity index (χ0) is 17.9. The van der Waals surface area contributed by atoms with Crippen LogP contribution in [0.25, 0.3) is 11.3 Å². The summed E-state index contributed by atoms with van der Waals surface area (Å²) >= 11 is 1.52. The standard InChI is InChI=1S/C17H23N3O3S2/c1-2-3-12-25(22,23)20-10-8-19(9-11-20)17-18-15(13-24-17)14-6-4-5-7-16(14)21/h4-7,13,21H,2-3,8-12H2,1H3. The number of aromatic hydroxyl groups is 1. The Balaban J connectivity index is 1.65. The fourth-order valence-electron chi connectivity index (χ4n) is 2.84. The Morgan fingerprint density at radius 2 is 1.92 bits per heavy atom. The largest absolute Gasteiger partial charge is 0.507 e. The monoisotopic (exact) mass is 381 g/mol. The van der Waals surface area contributed by atoms with Gasteiger partial charge in [0.15, 0.2) is 5.13 Å². The SMILES string of the molecule is CCCCS(=O)(=O)N1CCN(c2nc(-c3ccccc3O)cs2)CC1. The quantitative estimate of drug-likeness (QED) is 0.833. The van der Waals surface area contributed by atoms with Gasteiger partial charge in [-0.2, -0.15) is 4.31 Å². The number of hydrogen-bond acceptors (Lipinski definition) is 6. The van der Waals surface area contributed by atoms with E-state index >= 15 is 0 Å². The van der Waals surface area contributed by atoms with Crippen LogP contribution < -0.4 is 4.90 Å². The molecular weight excluding hydrogens is 358 g/mol. The number of phenols is 1. The molecule has 1 aromatic carbocycles. The second-order valence-corrected chi connectivity index (χ2v) is 9.01. The first-order chi connectivity index (χ1) is 12.0. The third kappa shape index (κ3) is 4.13. The molecule has 1 N–H and O–H groups in total. The van der Waals surface area contributed by atoms with Crippen LogP contribution in [0.3, 0.4) is 0 Å². The highest BCUT2D eigenvalue weighted by atomic mass is 32.2. The number of sulfonamides is 1. The molecule has 0 amide bonds. The summed E-state index contributed by atoms with van der Waals surface area (Å²) in [7, 11) is -3.14. The first-order valence-electron chi connectivity index (χ1n) is 8.48. The van der Waals surface area contributed by atoms with Gasteiger partial charge >= 0.3 is 0 Å². The number of hydrogen-bond donors (Lipinski definition) is 1. The van der Waals surface area contributed by atoms with Crippen molar-refractivity contribution in [2.75, 3.05) is 36.8 Å². The maximum Gasteiger partial charge on any atom is 0.214 e. The topological polar surface area (TPSA) is 73.7 Å². The van der Waals surface area contributed by atoms with Gasteiger partial charge in [-0.1, -0.05) is 25.5 Å². The Morgan fingerprint density at radius 3 is 2.60 bits per heavy atom. The molecule has 1 fully saturated rings. The van der Waals surface area contributed by atoms with Crippen LogP contribution in [0.1, 0.15) is 19.8 Å². The first kappa shape index (κ1) is 18.2. The number of thiazole rings is 1. The Bertz CT molecular complexity index is 812. The molecule has 8 heteroatoms. The Kier molecular flexibility index (Phi) is 5.61. The summed E-state index contributed by atoms with van der Waals surface area (Å²) in [5, 5.41) is 12.7. The maximum atomic E-state index is 12.3. The summed E-state index contributed by atoms with van der Waals surface area (Å²) < 4.78 is 26.2. The van der Waals surface area contributed by atoms with Crippen LogP contribution in [0.5, 0.6) is 5.75 Å². The highest BCUT2D eigenvalue weighted by Crippen LogP contribution is 2.32. The van der Waals surface area contributed by atoms with Crippen LogP contribution in [-0.2, 0) is 10.0 Å². The van der Waals surface area contributed by atoms with Crippen LogP contribution in [0.15, 0.2) is 29.6 Å². The fourth-order valence-corrected chi connectivity index (χ4v) is 5.35. The van der Waals surface area contributed by atoms with Gasteiger partial charge in [-0.15, -0.1) is 11.3 Å². The van der Waals surface area contributed by atoms with Gasteiger partial charge in [-0.25, -0.2) is 13.4 Å². The van der Waals surface area contributed by atoms with E-state index in [0.717, 1.165) is 17.2 Å². The minimum absolute atomic E-state index is 0.214. The van der Waals surface area contributed by atoms with E-state index in [4.69, 9.17) is 0 Å². The van der Waals surface area contributed by atoms with E-state index < -0.39 is 10.0 Å². The van der Waals surface area contributed by atoms with E-state index in [1.807, 2.05) is 24.4 Å². The number of anilines is 1. The van der Waals surface area contributed by atoms with Crippen molar-refractivity contribution in [2.24, 2.45) is 0 Å². The van der Waals surface area contributed by atoms with Crippen molar-refractivity contribution in [1.82, 2.24) is 9.29 Å². The maximum absolute atomic E-state index is 12.3. The van der Waals surface area contributed by atoms with E-state index in [0.29, 0.717) is 38.2 Å². The van der Waals surface area contributed by atoms with Crippen molar-refractivity contribution in [3.63, 3.8) is 0 Å². The number of para-hydroxylation sites is 1. The molecule has 2 aromatic rings. The van der Waals surface area contributed by atoms with Crippen molar-refractivity contribution < 1.29 is 13.5 Å². The summed E-state index contributed by atoms with van der Waals surface area (Å²) in [6, 6.07) is 7.14. The third-order valence-corrected chi connectivity index (χ3v) is 7.19. The molecule has 6 nitrogen and oxygen atoms in total. The van der Waals surface area contributed by atoms with E-state index in [9.17, 15) is 13.5 Å². The zero-order valence-electron chi connectivity index (χ0n) is 14.3. The highest BCUT2D eigenvalue weighted by Gasteiger charge is 2.27. The van der Waals surface area contributed by atoms with E-state index in [2.05, 4.69) is 9.88 Å². The average molecular weight is 382 g/mol. The summed E-state index contributed by atoms with van der Waals surface area (Å²) in [5.74, 6) is 0.448. The zero-order valence-corrected chi connectivity index (χ0v) is 15.9. The second-order valence-electron chi connectivity index (χ2n) is 6.09. The van der Waals surface area contributed by atoms with Crippen LogP contribution in [0, 0.1) is 0 Å². The lowest BCUT2D eigenvalue weighted by atomic mass is 10.1. The predicted octanol–water partition coefficient (Wildman–Crippen LogP) is 2.77. The number of phenolic OH excluding ortho intramolecular Hbond substituents is 1. The molecule has 0 atom stereocenters. The normalized spacial score (nSPS) is 16.3. The number of unbranched alkanes of at least 4 members (excludes halogenated alkanes) is 1. The van der Waals surface area contributed by atoms with Crippen LogP contribution in [0.2, 0.25) is 0 Å². The second kappa shape index (κ2) is 7.72. The molecule has 0 unspecified atom stereocenters. The number of nitrogens with zero attached hydrogens (tertiary/aromatic N) is 3. The van der Waals surface area contributed by atoms with Gasteiger partial charge in [0.2, 0.25) is 10.0 Å². The molecular formula is C17H23N3O3S2. The molecule has 1 aliphatic rings. The molecule has 136 valence electrons. The average Bonchev–Trinajstić information content (AvgIpc) is 3.10. The van der Waals surface area contributed by atoms with Gasteiger partial charge in [-0.05, 0) is 18.6 Å². The van der Waals surface area contributed by atoms with Crippen molar-refractivity contribution in [2.45, 2.75) is 19.8 Å². The molecule has 1 saturated heterocycles. The predicted molar refractivity (Wildman–Crippen MR) is 102 cm³/mol. The molecule has 1 aromatic heterocycles. The molecule has 3 rings (SSSR count). The van der Waals surface area contributed by atoms with Gasteiger partial charge in [-0.3, -0.25) is 0 Å². The third-order valence-electron chi connectivity index (χ3n) is 4.33. The number of piperazine rings is 1. The van der Waals surface area contributed by atoms with E-state index in [-0.39, 0.29) is 11.5 Å². The Hall–Kier alpha value is -1.64. The summed E-state index contributed by atoms with van der Waals surface area (Å²) in [5.41, 5.74) is 1.46. The van der Waals surface area contributed by atoms with E-state index in [1.54, 1.807) is 16.4 Å². The first-order valence-corrected chi connectivity index (χ1v) is 11.0. The van der Waals surface area contributed by atoms with E-state index in [1.165, 1.54) is 11.3 Å². The molecule has 0 saturated carbocycles. The van der Waals surface area contributed by atoms with Crippen molar-refractivity contribution in [3.05, 3.63) is 29.6 Å². The molecule has 0 aliphatic carbocycles. The molecule has 0 spiro atoms. The van der Waals surface area contributed by atoms with Crippen molar-refractivity contribution in [1.29, 1.82) is 0 Å². The summed E-state index contributed by atoms with van der Waals surface area (Å²) in [6.07, 6.45) is 1.59. The molecule has 25 heavy (non-hydrogen) atoms. The van der Waals surface area contributed by atoms with Crippen LogP contribution in [-0.4, -0.2) is 54.7 Å². The number of benzene rings is 1. The van der Waals surface area contributed by atoms with Crippen LogP contribution >= 0.6 is 11.3 Å². The van der Waals surface area contributed by atoms with Crippen molar-refractivity contribution in [3.8, 4) is 17.0 Å². The summed E-state index contributed by atoms with van der Waals surface area (Å²) in [4.78, 5) is 6.73. The van der Waals surface area contributed by atoms with Gasteiger partial charge < -0.3 is 10.0 Å². The minimum atomic E-state index is -3.14. The summed E-state index contributed by atoms with van der Waals surface area (Å²) in [6.45, 7) is 4.27. The van der Waals surface area contributed by atoms with Gasteiger partial charge in [0.05, 0.1) is 11.4 Å². The minimum Gasteiger partial charge on any atom is -0.507 e. The molecule has 1 aliphatic heterocycles. The molecule has 0 bridgehead atoms. The lowest BCUT2D eigenvalue weighted by molar-refractivity contribution is 0.384. The Morgan fingerprint density at radius 1 is 1.20 bits per heavy atom. The van der Waals surface area contributed by atoms with Crippen LogP contribution in [0.4, 0.5) is 5.13 Å². The fraction of sp³-hybridized carbons (Fsp3) is 0.471. The smallest absolute Gasteiger partial charge is 0.214 e. The lowest BCUT2D eigenvalue weighted by Crippen LogP contribution is -2.49. The van der Waals surface area contributed by atoms with Gasteiger partial charge in [0, 0.05) is 37.1 Å². The lowest BCUT2D eigenvalue weighted by Gasteiger charge is -2.33. The Labute approximate surface area is 152 Å². The number of aromatic nitrogens is 1. The van der Waals surface area contributed by atoms with Gasteiger partial charge in [0.1, 0.15) is 5.75 Å². The van der Waals surface area contributed by atoms with Gasteiger partial charge in [0.25, 0.3) is 0 Å². The molecule has 2 heterocycles. The molecule has 0 radical (unpaired) electrons. The number of rotatable bonds is 6. The van der Waals surface area contributed by atoms with Crippen molar-refractivity contribution >= 4 is 26.5 Å². The highest BCUT2D eigenvalue weighted by molar-refractivity contribution is 7.89.